The highest BCUT2D eigenvalue weighted by Gasteiger charge is 2.26. The lowest BCUT2D eigenvalue weighted by molar-refractivity contribution is -0.0960. The molecule has 0 aromatic heterocycles. The third-order valence-electron chi connectivity index (χ3n) is 1.67. The van der Waals surface area contributed by atoms with Crippen LogP contribution in [0.4, 0.5) is 0 Å². The zero-order valence-electron chi connectivity index (χ0n) is 8.05. The molecule has 68 valence electrons. The lowest BCUT2D eigenvalue weighted by Crippen LogP contribution is -2.36. The van der Waals surface area contributed by atoms with E-state index >= 15 is 0 Å². The summed E-state index contributed by atoms with van der Waals surface area (Å²) in [7, 11) is 0. The van der Waals surface area contributed by atoms with Crippen molar-refractivity contribution in [1.29, 1.82) is 0 Å². The van der Waals surface area contributed by atoms with Gasteiger partial charge < -0.3 is 9.84 Å². The van der Waals surface area contributed by atoms with Gasteiger partial charge in [-0.15, -0.1) is 0 Å². The molecule has 0 aromatic rings. The lowest BCUT2D eigenvalue weighted by atomic mass is 9.96. The number of rotatable bonds is 0. The minimum Gasteiger partial charge on any atom is -0.393 e. The highest BCUT2D eigenvalue weighted by molar-refractivity contribution is 4.77. The molecule has 0 amide bonds. The SMILES string of the molecule is CC.CC1(C)CC(O)CCO1. The Morgan fingerprint density at radius 3 is 2.18 bits per heavy atom. The quantitative estimate of drug-likeness (QED) is 0.587. The van der Waals surface area contributed by atoms with Crippen molar-refractivity contribution in [3.8, 4) is 0 Å². The Bertz CT molecular complexity index is 99.7. The maximum absolute atomic E-state index is 9.16. The second-order valence-corrected chi connectivity index (χ2v) is 3.25. The molecule has 1 N–H and O–H groups in total. The number of aliphatic hydroxyl groups is 1. The van der Waals surface area contributed by atoms with Crippen molar-refractivity contribution in [2.45, 2.75) is 52.2 Å². The van der Waals surface area contributed by atoms with Crippen LogP contribution in [0.3, 0.4) is 0 Å². The molecule has 0 radical (unpaired) electrons. The second-order valence-electron chi connectivity index (χ2n) is 3.25. The van der Waals surface area contributed by atoms with Gasteiger partial charge in [0.25, 0.3) is 0 Å². The Kier molecular flexibility index (Phi) is 4.69. The van der Waals surface area contributed by atoms with Crippen LogP contribution in [-0.4, -0.2) is 23.4 Å². The molecule has 1 aliphatic heterocycles. The van der Waals surface area contributed by atoms with E-state index in [0.29, 0.717) is 6.61 Å². The van der Waals surface area contributed by atoms with E-state index in [2.05, 4.69) is 0 Å². The van der Waals surface area contributed by atoms with E-state index in [1.807, 2.05) is 27.7 Å². The summed E-state index contributed by atoms with van der Waals surface area (Å²) in [5.74, 6) is 0. The molecule has 2 nitrogen and oxygen atoms in total. The number of hydrogen-bond acceptors (Lipinski definition) is 2. The lowest BCUT2D eigenvalue weighted by Gasteiger charge is -2.32. The van der Waals surface area contributed by atoms with Gasteiger partial charge in [-0.2, -0.15) is 0 Å². The van der Waals surface area contributed by atoms with E-state index in [1.54, 1.807) is 0 Å². The first-order valence-corrected chi connectivity index (χ1v) is 4.42. The maximum atomic E-state index is 9.16. The van der Waals surface area contributed by atoms with Crippen molar-refractivity contribution in [3.63, 3.8) is 0 Å². The second kappa shape index (κ2) is 4.73. The van der Waals surface area contributed by atoms with Crippen molar-refractivity contribution < 1.29 is 9.84 Å². The van der Waals surface area contributed by atoms with Crippen LogP contribution in [-0.2, 0) is 4.74 Å². The largest absolute Gasteiger partial charge is 0.393 e. The Morgan fingerprint density at radius 2 is 1.91 bits per heavy atom. The van der Waals surface area contributed by atoms with Crippen LogP contribution in [0.2, 0.25) is 0 Å². The molecule has 1 unspecified atom stereocenters. The predicted molar refractivity (Wildman–Crippen MR) is 46.6 cm³/mol. The number of hydrogen-bond donors (Lipinski definition) is 1. The van der Waals surface area contributed by atoms with Crippen molar-refractivity contribution >= 4 is 0 Å². The average Bonchev–Trinajstić information content (AvgIpc) is 1.89. The van der Waals surface area contributed by atoms with E-state index in [-0.39, 0.29) is 11.7 Å². The van der Waals surface area contributed by atoms with Gasteiger partial charge in [-0.1, -0.05) is 13.8 Å². The number of ether oxygens (including phenoxy) is 1. The van der Waals surface area contributed by atoms with Gasteiger partial charge in [-0.3, -0.25) is 0 Å². The van der Waals surface area contributed by atoms with Crippen LogP contribution in [0, 0.1) is 0 Å². The van der Waals surface area contributed by atoms with Gasteiger partial charge in [0, 0.05) is 13.0 Å². The Morgan fingerprint density at radius 1 is 1.36 bits per heavy atom. The van der Waals surface area contributed by atoms with Crippen molar-refractivity contribution in [2.24, 2.45) is 0 Å². The fourth-order valence-electron chi connectivity index (χ4n) is 1.20. The zero-order chi connectivity index (χ0) is 8.91. The van der Waals surface area contributed by atoms with Gasteiger partial charge in [0.1, 0.15) is 0 Å². The fraction of sp³-hybridized carbons (Fsp3) is 1.00. The van der Waals surface area contributed by atoms with Gasteiger partial charge in [0.05, 0.1) is 11.7 Å². The smallest absolute Gasteiger partial charge is 0.0651 e. The predicted octanol–water partition coefficient (Wildman–Crippen LogP) is 1.96. The summed E-state index contributed by atoms with van der Waals surface area (Å²) < 4.78 is 5.38. The summed E-state index contributed by atoms with van der Waals surface area (Å²) in [6.07, 6.45) is 1.42. The standard InChI is InChI=1S/C7H14O2.C2H6/c1-7(2)5-6(8)3-4-9-7;1-2/h6,8H,3-5H2,1-2H3;1-2H3. The topological polar surface area (TPSA) is 29.5 Å². The fourth-order valence-corrected chi connectivity index (χ4v) is 1.20. The summed E-state index contributed by atoms with van der Waals surface area (Å²) in [5, 5.41) is 9.16. The van der Waals surface area contributed by atoms with Crippen LogP contribution >= 0.6 is 0 Å². The molecule has 1 rings (SSSR count). The van der Waals surface area contributed by atoms with Crippen LogP contribution in [0.25, 0.3) is 0 Å². The molecule has 2 heteroatoms. The highest BCUT2D eigenvalue weighted by Crippen LogP contribution is 2.23. The summed E-state index contributed by atoms with van der Waals surface area (Å²) in [4.78, 5) is 0. The van der Waals surface area contributed by atoms with E-state index in [9.17, 15) is 0 Å². The van der Waals surface area contributed by atoms with Crippen LogP contribution in [0.5, 0.6) is 0 Å². The summed E-state index contributed by atoms with van der Waals surface area (Å²) >= 11 is 0. The van der Waals surface area contributed by atoms with Crippen molar-refractivity contribution in [1.82, 2.24) is 0 Å². The van der Waals surface area contributed by atoms with Gasteiger partial charge >= 0.3 is 0 Å². The van der Waals surface area contributed by atoms with Gasteiger partial charge in [-0.25, -0.2) is 0 Å². The first kappa shape index (κ1) is 10.9. The van der Waals surface area contributed by atoms with Crippen LogP contribution < -0.4 is 0 Å². The summed E-state index contributed by atoms with van der Waals surface area (Å²) in [5.41, 5.74) is -0.0995. The third-order valence-corrected chi connectivity index (χ3v) is 1.67. The first-order chi connectivity index (χ1) is 5.10. The Hall–Kier alpha value is -0.0800. The van der Waals surface area contributed by atoms with E-state index < -0.39 is 0 Å². The van der Waals surface area contributed by atoms with E-state index in [4.69, 9.17) is 9.84 Å². The van der Waals surface area contributed by atoms with E-state index in [0.717, 1.165) is 12.8 Å². The molecule has 1 heterocycles. The van der Waals surface area contributed by atoms with Crippen molar-refractivity contribution in [3.05, 3.63) is 0 Å². The zero-order valence-corrected chi connectivity index (χ0v) is 8.05. The number of aliphatic hydroxyl groups excluding tert-OH is 1. The molecule has 1 saturated heterocycles. The molecular weight excluding hydrogens is 140 g/mol. The van der Waals surface area contributed by atoms with Crippen molar-refractivity contribution in [2.75, 3.05) is 6.61 Å². The molecule has 1 atom stereocenters. The Labute approximate surface area is 69.6 Å². The minimum atomic E-state index is -0.145. The Balaban J connectivity index is 0.000000461. The highest BCUT2D eigenvalue weighted by atomic mass is 16.5. The molecule has 0 saturated carbocycles. The summed E-state index contributed by atoms with van der Waals surface area (Å²) in [6.45, 7) is 8.72. The minimum absolute atomic E-state index is 0.0995. The first-order valence-electron chi connectivity index (χ1n) is 4.42. The molecule has 0 spiro atoms. The van der Waals surface area contributed by atoms with Gasteiger partial charge in [0.2, 0.25) is 0 Å². The molecule has 1 aliphatic rings. The molecule has 0 bridgehead atoms. The normalized spacial score (nSPS) is 28.6. The van der Waals surface area contributed by atoms with Gasteiger partial charge in [-0.05, 0) is 20.3 Å². The maximum Gasteiger partial charge on any atom is 0.0651 e. The van der Waals surface area contributed by atoms with Crippen LogP contribution in [0.15, 0.2) is 0 Å². The third kappa shape index (κ3) is 4.38. The summed E-state index contributed by atoms with van der Waals surface area (Å²) in [6, 6.07) is 0. The molecular formula is C9H20O2. The average molecular weight is 160 g/mol. The molecule has 1 fully saturated rings. The monoisotopic (exact) mass is 160 g/mol. The molecule has 0 aliphatic carbocycles. The molecule has 0 aromatic carbocycles. The van der Waals surface area contributed by atoms with Gasteiger partial charge in [0.15, 0.2) is 0 Å². The van der Waals surface area contributed by atoms with E-state index in [1.165, 1.54) is 0 Å². The van der Waals surface area contributed by atoms with Crippen LogP contribution in [0.1, 0.15) is 40.5 Å². The molecule has 11 heavy (non-hydrogen) atoms.